The first-order chi connectivity index (χ1) is 9.20. The van der Waals surface area contributed by atoms with Crippen molar-refractivity contribution in [2.75, 3.05) is 12.0 Å². The second-order valence-electron chi connectivity index (χ2n) is 4.26. The van der Waals surface area contributed by atoms with Crippen LogP contribution in [-0.4, -0.2) is 43.5 Å². The summed E-state index contributed by atoms with van der Waals surface area (Å²) >= 11 is 3.19. The molecule has 110 valence electrons. The maximum absolute atomic E-state index is 12.0. The molecule has 6 nitrogen and oxygen atoms in total. The Morgan fingerprint density at radius 3 is 2.45 bits per heavy atom. The highest BCUT2D eigenvalue weighted by Crippen LogP contribution is 2.15. The number of halogens is 1. The van der Waals surface area contributed by atoms with Crippen molar-refractivity contribution in [1.29, 1.82) is 0 Å². The summed E-state index contributed by atoms with van der Waals surface area (Å²) in [5, 5.41) is 11.3. The van der Waals surface area contributed by atoms with Gasteiger partial charge in [-0.25, -0.2) is 13.2 Å². The minimum absolute atomic E-state index is 0.176. The lowest BCUT2D eigenvalue weighted by Crippen LogP contribution is -2.42. The first-order valence-electron chi connectivity index (χ1n) is 5.66. The molecule has 0 fully saturated rings. The second-order valence-corrected chi connectivity index (χ2v) is 7.38. The zero-order chi connectivity index (χ0) is 15.3. The van der Waals surface area contributed by atoms with Gasteiger partial charge in [-0.3, -0.25) is 4.79 Å². The Balaban J connectivity index is 2.79. The highest BCUT2D eigenvalue weighted by atomic mass is 79.9. The Bertz CT molecular complexity index is 614. The Labute approximate surface area is 125 Å². The molecule has 0 heterocycles. The fourth-order valence-corrected chi connectivity index (χ4v) is 2.60. The molecular weight excluding hydrogens is 350 g/mol. The number of hydrogen-bond acceptors (Lipinski definition) is 4. The zero-order valence-corrected chi connectivity index (χ0v) is 13.1. The highest BCUT2D eigenvalue weighted by molar-refractivity contribution is 9.10. The van der Waals surface area contributed by atoms with E-state index in [9.17, 15) is 18.0 Å². The lowest BCUT2D eigenvalue weighted by Gasteiger charge is -2.14. The van der Waals surface area contributed by atoms with Crippen molar-refractivity contribution in [3.63, 3.8) is 0 Å². The van der Waals surface area contributed by atoms with Crippen LogP contribution in [0.15, 0.2) is 28.7 Å². The van der Waals surface area contributed by atoms with Crippen LogP contribution < -0.4 is 5.32 Å². The summed E-state index contributed by atoms with van der Waals surface area (Å²) in [7, 11) is -3.29. The van der Waals surface area contributed by atoms with Gasteiger partial charge in [-0.15, -0.1) is 0 Å². The topological polar surface area (TPSA) is 101 Å². The molecule has 0 unspecified atom stereocenters. The summed E-state index contributed by atoms with van der Waals surface area (Å²) < 4.78 is 22.6. The first kappa shape index (κ1) is 16.6. The third-order valence-corrected chi connectivity index (χ3v) is 4.17. The zero-order valence-electron chi connectivity index (χ0n) is 10.7. The van der Waals surface area contributed by atoms with E-state index in [4.69, 9.17) is 5.11 Å². The molecule has 0 saturated heterocycles. The number of carbonyl (C=O) groups excluding carboxylic acids is 1. The average Bonchev–Trinajstić information content (AvgIpc) is 2.33. The number of rotatable bonds is 6. The van der Waals surface area contributed by atoms with E-state index in [0.29, 0.717) is 4.47 Å². The van der Waals surface area contributed by atoms with Gasteiger partial charge in [0, 0.05) is 10.7 Å². The van der Waals surface area contributed by atoms with Crippen LogP contribution in [0.25, 0.3) is 0 Å². The molecule has 8 heteroatoms. The Hall–Kier alpha value is -1.41. The van der Waals surface area contributed by atoms with Gasteiger partial charge in [0.05, 0.1) is 11.3 Å². The maximum atomic E-state index is 12.0. The third kappa shape index (κ3) is 5.30. The number of hydrogen-bond donors (Lipinski definition) is 2. The van der Waals surface area contributed by atoms with Crippen molar-refractivity contribution < 1.29 is 23.1 Å². The van der Waals surface area contributed by atoms with Crippen molar-refractivity contribution in [2.24, 2.45) is 0 Å². The molecule has 0 aliphatic rings. The number of carbonyl (C=O) groups is 2. The van der Waals surface area contributed by atoms with Crippen molar-refractivity contribution >= 4 is 37.6 Å². The van der Waals surface area contributed by atoms with Gasteiger partial charge in [0.2, 0.25) is 0 Å². The van der Waals surface area contributed by atoms with Gasteiger partial charge in [-0.05, 0) is 34.5 Å². The molecule has 1 aromatic rings. The SMILES string of the molecule is CS(=O)(=O)CC[C@H](NC(=O)c1ccccc1Br)C(=O)O. The minimum atomic E-state index is -3.29. The van der Waals surface area contributed by atoms with Crippen LogP contribution in [0.1, 0.15) is 16.8 Å². The van der Waals surface area contributed by atoms with Gasteiger partial charge in [0.25, 0.3) is 5.91 Å². The standard InChI is InChI=1S/C12H14BrNO5S/c1-20(18,19)7-6-10(12(16)17)14-11(15)8-4-2-3-5-9(8)13/h2-5,10H,6-7H2,1H3,(H,14,15)(H,16,17)/t10-/m0/s1. The van der Waals surface area contributed by atoms with Crippen LogP contribution in [0.5, 0.6) is 0 Å². The Morgan fingerprint density at radius 2 is 1.95 bits per heavy atom. The lowest BCUT2D eigenvalue weighted by atomic mass is 10.1. The number of carboxylic acid groups (broad SMARTS) is 1. The van der Waals surface area contributed by atoms with E-state index >= 15 is 0 Å². The van der Waals surface area contributed by atoms with Crippen LogP contribution in [0, 0.1) is 0 Å². The third-order valence-electron chi connectivity index (χ3n) is 2.50. The Morgan fingerprint density at radius 1 is 1.35 bits per heavy atom. The fourth-order valence-electron chi connectivity index (χ4n) is 1.47. The van der Waals surface area contributed by atoms with Crippen molar-refractivity contribution in [1.82, 2.24) is 5.32 Å². The number of carboxylic acids is 1. The molecular formula is C12H14BrNO5S. The molecule has 1 atom stereocenters. The van der Waals surface area contributed by atoms with E-state index in [1.807, 2.05) is 0 Å². The summed E-state index contributed by atoms with van der Waals surface area (Å²) in [5.41, 5.74) is 0.290. The molecule has 0 aliphatic carbocycles. The largest absolute Gasteiger partial charge is 0.480 e. The summed E-state index contributed by atoms with van der Waals surface area (Å²) in [6.45, 7) is 0. The normalized spacial score (nSPS) is 12.7. The number of aliphatic carboxylic acids is 1. The number of nitrogens with one attached hydrogen (secondary N) is 1. The molecule has 20 heavy (non-hydrogen) atoms. The molecule has 0 aliphatic heterocycles. The maximum Gasteiger partial charge on any atom is 0.326 e. The van der Waals surface area contributed by atoms with E-state index in [1.54, 1.807) is 18.2 Å². The van der Waals surface area contributed by atoms with Gasteiger partial charge in [-0.2, -0.15) is 0 Å². The predicted molar refractivity (Wildman–Crippen MR) is 77.4 cm³/mol. The van der Waals surface area contributed by atoms with Crippen LogP contribution >= 0.6 is 15.9 Å². The summed E-state index contributed by atoms with van der Waals surface area (Å²) in [6.07, 6.45) is 0.839. The van der Waals surface area contributed by atoms with Gasteiger partial charge >= 0.3 is 5.97 Å². The number of amides is 1. The molecule has 0 bridgehead atoms. The number of benzene rings is 1. The first-order valence-corrected chi connectivity index (χ1v) is 8.52. The van der Waals surface area contributed by atoms with E-state index in [0.717, 1.165) is 6.26 Å². The van der Waals surface area contributed by atoms with Gasteiger partial charge in [-0.1, -0.05) is 12.1 Å². The average molecular weight is 364 g/mol. The van der Waals surface area contributed by atoms with E-state index < -0.39 is 27.8 Å². The van der Waals surface area contributed by atoms with Crippen LogP contribution in [0.3, 0.4) is 0 Å². The molecule has 0 saturated carbocycles. The predicted octanol–water partition coefficient (Wildman–Crippen LogP) is 1.07. The smallest absolute Gasteiger partial charge is 0.326 e. The summed E-state index contributed by atoms with van der Waals surface area (Å²) in [6, 6.07) is 5.31. The highest BCUT2D eigenvalue weighted by Gasteiger charge is 2.22. The van der Waals surface area contributed by atoms with E-state index in [-0.39, 0.29) is 17.7 Å². The lowest BCUT2D eigenvalue weighted by molar-refractivity contribution is -0.139. The molecule has 0 spiro atoms. The Kier molecular flexibility index (Phi) is 5.70. The van der Waals surface area contributed by atoms with Gasteiger partial charge < -0.3 is 10.4 Å². The molecule has 1 rings (SSSR count). The van der Waals surface area contributed by atoms with E-state index in [2.05, 4.69) is 21.2 Å². The van der Waals surface area contributed by atoms with Gasteiger partial charge in [0.15, 0.2) is 0 Å². The van der Waals surface area contributed by atoms with Gasteiger partial charge in [0.1, 0.15) is 15.9 Å². The van der Waals surface area contributed by atoms with E-state index in [1.165, 1.54) is 6.07 Å². The molecule has 0 radical (unpaired) electrons. The van der Waals surface area contributed by atoms with Crippen LogP contribution in [-0.2, 0) is 14.6 Å². The van der Waals surface area contributed by atoms with Crippen LogP contribution in [0.2, 0.25) is 0 Å². The van der Waals surface area contributed by atoms with Crippen molar-refractivity contribution in [3.8, 4) is 0 Å². The summed E-state index contributed by atoms with van der Waals surface area (Å²) in [5.74, 6) is -2.15. The molecule has 0 aromatic heterocycles. The fraction of sp³-hybridized carbons (Fsp3) is 0.333. The van der Waals surface area contributed by atoms with Crippen LogP contribution in [0.4, 0.5) is 0 Å². The monoisotopic (exact) mass is 363 g/mol. The molecule has 1 aromatic carbocycles. The minimum Gasteiger partial charge on any atom is -0.480 e. The molecule has 2 N–H and O–H groups in total. The molecule has 1 amide bonds. The van der Waals surface area contributed by atoms with Crippen molar-refractivity contribution in [2.45, 2.75) is 12.5 Å². The summed E-state index contributed by atoms with van der Waals surface area (Å²) in [4.78, 5) is 23.0. The quantitative estimate of drug-likeness (QED) is 0.786. The second kappa shape index (κ2) is 6.85. The number of sulfone groups is 1. The van der Waals surface area contributed by atoms with Crippen molar-refractivity contribution in [3.05, 3.63) is 34.3 Å².